The lowest BCUT2D eigenvalue weighted by atomic mass is 10.2. The second-order valence-corrected chi connectivity index (χ2v) is 4.90. The second kappa shape index (κ2) is 6.83. The molecule has 2 rings (SSSR count). The van der Waals surface area contributed by atoms with Crippen molar-refractivity contribution >= 4 is 21.8 Å². The predicted molar refractivity (Wildman–Crippen MR) is 78.7 cm³/mol. The van der Waals surface area contributed by atoms with Gasteiger partial charge < -0.3 is 4.90 Å². The first-order chi connectivity index (χ1) is 9.72. The number of carbonyl (C=O) groups excluding carboxylic acids is 1. The Morgan fingerprint density at radius 1 is 1.25 bits per heavy atom. The van der Waals surface area contributed by atoms with E-state index in [9.17, 15) is 4.79 Å². The SMILES string of the molecule is N#CCN(Cc1ccccc1)C(=O)c1cccnc1Br. The minimum Gasteiger partial charge on any atom is -0.321 e. The van der Waals surface area contributed by atoms with Crippen molar-refractivity contribution in [2.24, 2.45) is 0 Å². The maximum Gasteiger partial charge on any atom is 0.257 e. The molecule has 1 amide bonds. The maximum absolute atomic E-state index is 12.5. The molecule has 0 saturated heterocycles. The van der Waals surface area contributed by atoms with Crippen LogP contribution in [0, 0.1) is 11.3 Å². The predicted octanol–water partition coefficient (Wildman–Crippen LogP) is 3.01. The number of carbonyl (C=O) groups is 1. The van der Waals surface area contributed by atoms with Crippen LogP contribution in [0.5, 0.6) is 0 Å². The summed E-state index contributed by atoms with van der Waals surface area (Å²) in [6, 6.07) is 15.0. The van der Waals surface area contributed by atoms with Gasteiger partial charge in [0.25, 0.3) is 5.91 Å². The molecule has 0 unspecified atom stereocenters. The number of nitrogens with zero attached hydrogens (tertiary/aromatic N) is 3. The molecular formula is C15H12BrN3O. The number of rotatable bonds is 4. The fourth-order valence-corrected chi connectivity index (χ4v) is 2.22. The number of benzene rings is 1. The van der Waals surface area contributed by atoms with Crippen molar-refractivity contribution in [2.75, 3.05) is 6.54 Å². The first kappa shape index (κ1) is 14.2. The Bertz CT molecular complexity index is 637. The lowest BCUT2D eigenvalue weighted by Gasteiger charge is -2.20. The number of halogens is 1. The fraction of sp³-hybridized carbons (Fsp3) is 0.133. The van der Waals surface area contributed by atoms with Crippen molar-refractivity contribution in [2.45, 2.75) is 6.54 Å². The Hall–Kier alpha value is -2.19. The summed E-state index contributed by atoms with van der Waals surface area (Å²) >= 11 is 3.26. The first-order valence-electron chi connectivity index (χ1n) is 6.03. The third kappa shape index (κ3) is 3.43. The lowest BCUT2D eigenvalue weighted by molar-refractivity contribution is 0.0763. The van der Waals surface area contributed by atoms with E-state index in [0.717, 1.165) is 5.56 Å². The van der Waals surface area contributed by atoms with Gasteiger partial charge in [-0.3, -0.25) is 4.79 Å². The van der Waals surface area contributed by atoms with Crippen LogP contribution >= 0.6 is 15.9 Å². The van der Waals surface area contributed by atoms with Crippen LogP contribution in [0.1, 0.15) is 15.9 Å². The molecule has 0 spiro atoms. The fourth-order valence-electron chi connectivity index (χ4n) is 1.80. The largest absolute Gasteiger partial charge is 0.321 e. The number of pyridine rings is 1. The van der Waals surface area contributed by atoms with Gasteiger partial charge in [0.15, 0.2) is 0 Å². The van der Waals surface area contributed by atoms with Crippen molar-refractivity contribution in [1.82, 2.24) is 9.88 Å². The summed E-state index contributed by atoms with van der Waals surface area (Å²) in [4.78, 5) is 18.0. The highest BCUT2D eigenvalue weighted by Gasteiger charge is 2.18. The van der Waals surface area contributed by atoms with Gasteiger partial charge in [0, 0.05) is 12.7 Å². The Labute approximate surface area is 125 Å². The van der Waals surface area contributed by atoms with Crippen LogP contribution in [-0.4, -0.2) is 22.3 Å². The number of amides is 1. The third-order valence-electron chi connectivity index (χ3n) is 2.75. The summed E-state index contributed by atoms with van der Waals surface area (Å²) in [7, 11) is 0. The van der Waals surface area contributed by atoms with Crippen LogP contribution < -0.4 is 0 Å². The molecule has 0 atom stereocenters. The molecule has 100 valence electrons. The monoisotopic (exact) mass is 329 g/mol. The molecule has 1 aromatic heterocycles. The average Bonchev–Trinajstić information content (AvgIpc) is 2.48. The molecule has 4 nitrogen and oxygen atoms in total. The van der Waals surface area contributed by atoms with Gasteiger partial charge in [-0.25, -0.2) is 4.98 Å². The summed E-state index contributed by atoms with van der Waals surface area (Å²) in [6.07, 6.45) is 1.60. The molecule has 0 saturated carbocycles. The standard InChI is InChI=1S/C15H12BrN3O/c16-14-13(7-4-9-18-14)15(20)19(10-8-17)11-12-5-2-1-3-6-12/h1-7,9H,10-11H2. The number of hydrogen-bond acceptors (Lipinski definition) is 3. The minimum absolute atomic E-state index is 0.0368. The Balaban J connectivity index is 2.23. The van der Waals surface area contributed by atoms with Crippen LogP contribution in [0.2, 0.25) is 0 Å². The second-order valence-electron chi connectivity index (χ2n) is 4.15. The normalized spacial score (nSPS) is 9.80. The van der Waals surface area contributed by atoms with E-state index in [2.05, 4.69) is 20.9 Å². The van der Waals surface area contributed by atoms with Crippen LogP contribution in [0.25, 0.3) is 0 Å². The van der Waals surface area contributed by atoms with Crippen molar-refractivity contribution in [1.29, 1.82) is 5.26 Å². The van der Waals surface area contributed by atoms with Crippen molar-refractivity contribution in [3.8, 4) is 6.07 Å². The minimum atomic E-state index is -0.213. The van der Waals surface area contributed by atoms with E-state index in [1.165, 1.54) is 4.90 Å². The van der Waals surface area contributed by atoms with Gasteiger partial charge in [-0.2, -0.15) is 5.26 Å². The molecule has 2 aromatic rings. The molecule has 1 aromatic carbocycles. The molecule has 0 radical (unpaired) electrons. The van der Waals surface area contributed by atoms with Gasteiger partial charge in [0.05, 0.1) is 11.6 Å². The van der Waals surface area contributed by atoms with Crippen LogP contribution in [0.4, 0.5) is 0 Å². The molecule has 0 aliphatic rings. The summed E-state index contributed by atoms with van der Waals surface area (Å²) < 4.78 is 0.487. The smallest absolute Gasteiger partial charge is 0.257 e. The molecule has 5 heteroatoms. The van der Waals surface area contributed by atoms with Crippen molar-refractivity contribution < 1.29 is 4.79 Å². The molecule has 0 fully saturated rings. The molecular weight excluding hydrogens is 318 g/mol. The van der Waals surface area contributed by atoms with Crippen molar-refractivity contribution in [3.05, 3.63) is 64.4 Å². The molecule has 0 N–H and O–H groups in total. The van der Waals surface area contributed by atoms with Crippen LogP contribution in [-0.2, 0) is 6.54 Å². The van der Waals surface area contributed by atoms with Gasteiger partial charge >= 0.3 is 0 Å². The Kier molecular flexibility index (Phi) is 4.85. The zero-order chi connectivity index (χ0) is 14.4. The highest BCUT2D eigenvalue weighted by Crippen LogP contribution is 2.16. The van der Waals surface area contributed by atoms with E-state index in [1.54, 1.807) is 18.3 Å². The Morgan fingerprint density at radius 3 is 2.65 bits per heavy atom. The molecule has 0 aliphatic heterocycles. The van der Waals surface area contributed by atoms with E-state index >= 15 is 0 Å². The van der Waals surface area contributed by atoms with E-state index < -0.39 is 0 Å². The summed E-state index contributed by atoms with van der Waals surface area (Å²) in [5.41, 5.74) is 1.44. The van der Waals surface area contributed by atoms with Crippen molar-refractivity contribution in [3.63, 3.8) is 0 Å². The van der Waals surface area contributed by atoms with Gasteiger partial charge in [0.2, 0.25) is 0 Å². The summed E-state index contributed by atoms with van der Waals surface area (Å²) in [5, 5.41) is 8.91. The first-order valence-corrected chi connectivity index (χ1v) is 6.82. The number of aromatic nitrogens is 1. The van der Waals surface area contributed by atoms with Crippen LogP contribution in [0.3, 0.4) is 0 Å². The lowest BCUT2D eigenvalue weighted by Crippen LogP contribution is -2.31. The van der Waals surface area contributed by atoms with Gasteiger partial charge in [-0.15, -0.1) is 0 Å². The van der Waals surface area contributed by atoms with E-state index in [4.69, 9.17) is 5.26 Å². The number of hydrogen-bond donors (Lipinski definition) is 0. The molecule has 20 heavy (non-hydrogen) atoms. The molecule has 1 heterocycles. The summed E-state index contributed by atoms with van der Waals surface area (Å²) in [6.45, 7) is 0.434. The molecule has 0 bridgehead atoms. The maximum atomic E-state index is 12.5. The zero-order valence-corrected chi connectivity index (χ0v) is 12.2. The van der Waals surface area contributed by atoms with E-state index in [-0.39, 0.29) is 12.5 Å². The molecule has 0 aliphatic carbocycles. The van der Waals surface area contributed by atoms with Crippen LogP contribution in [0.15, 0.2) is 53.3 Å². The summed E-state index contributed by atoms with van der Waals surface area (Å²) in [5.74, 6) is -0.213. The van der Waals surface area contributed by atoms with Gasteiger partial charge in [-0.1, -0.05) is 30.3 Å². The zero-order valence-electron chi connectivity index (χ0n) is 10.7. The number of nitriles is 1. The average molecular weight is 330 g/mol. The quantitative estimate of drug-likeness (QED) is 0.640. The van der Waals surface area contributed by atoms with E-state index in [1.807, 2.05) is 36.4 Å². The topological polar surface area (TPSA) is 57.0 Å². The Morgan fingerprint density at radius 2 is 2.00 bits per heavy atom. The van der Waals surface area contributed by atoms with Gasteiger partial charge in [0.1, 0.15) is 11.1 Å². The highest BCUT2D eigenvalue weighted by molar-refractivity contribution is 9.10. The highest BCUT2D eigenvalue weighted by atomic mass is 79.9. The van der Waals surface area contributed by atoms with Gasteiger partial charge in [-0.05, 0) is 33.6 Å². The van der Waals surface area contributed by atoms with E-state index in [0.29, 0.717) is 16.7 Å². The third-order valence-corrected chi connectivity index (χ3v) is 3.39.